The van der Waals surface area contributed by atoms with Gasteiger partial charge in [-0.05, 0) is 14.0 Å². The molecule has 0 N–H and O–H groups in total. The van der Waals surface area contributed by atoms with Gasteiger partial charge in [-0.1, -0.05) is 0 Å². The van der Waals surface area contributed by atoms with E-state index in [-0.39, 0.29) is 6.10 Å². The van der Waals surface area contributed by atoms with Crippen molar-refractivity contribution in [1.29, 1.82) is 0 Å². The summed E-state index contributed by atoms with van der Waals surface area (Å²) in [6.07, 6.45) is 1.84. The lowest BCUT2D eigenvalue weighted by Crippen LogP contribution is -2.48. The second-order valence-electron chi connectivity index (χ2n) is 5.01. The average Bonchev–Trinajstić information content (AvgIpc) is 2.85. The number of fused-ring (bicyclic) bond motifs is 1. The Labute approximate surface area is 113 Å². The fraction of sp³-hybridized carbons (Fsp3) is 0.692. The standard InChI is InChI=1S/C13H20N4O2/c1-3-18-13-6-12(14-9-15-13)17-7-10-11(8-17)19-5-4-16(10)2/h6,9-11H,3-5,7-8H2,1-2H3/t10-,11+/m1/s1. The monoisotopic (exact) mass is 264 g/mol. The molecule has 3 heterocycles. The third-order valence-electron chi connectivity index (χ3n) is 3.82. The highest BCUT2D eigenvalue weighted by Gasteiger charge is 2.39. The van der Waals surface area contributed by atoms with Crippen LogP contribution in [0.5, 0.6) is 5.88 Å². The van der Waals surface area contributed by atoms with Gasteiger partial charge in [0.05, 0.1) is 25.4 Å². The fourth-order valence-electron chi connectivity index (χ4n) is 2.77. The number of hydrogen-bond acceptors (Lipinski definition) is 6. The zero-order valence-corrected chi connectivity index (χ0v) is 11.5. The summed E-state index contributed by atoms with van der Waals surface area (Å²) in [6, 6.07) is 2.36. The Morgan fingerprint density at radius 1 is 1.42 bits per heavy atom. The number of nitrogens with zero attached hydrogens (tertiary/aromatic N) is 4. The molecule has 0 aromatic carbocycles. The molecular weight excluding hydrogens is 244 g/mol. The first-order valence-electron chi connectivity index (χ1n) is 6.79. The van der Waals surface area contributed by atoms with E-state index in [9.17, 15) is 0 Å². The molecule has 2 atom stereocenters. The highest BCUT2D eigenvalue weighted by atomic mass is 16.5. The van der Waals surface area contributed by atoms with E-state index in [4.69, 9.17) is 9.47 Å². The van der Waals surface area contributed by atoms with Crippen molar-refractivity contribution in [3.05, 3.63) is 12.4 Å². The van der Waals surface area contributed by atoms with Gasteiger partial charge in [-0.2, -0.15) is 0 Å². The van der Waals surface area contributed by atoms with Crippen LogP contribution in [0.4, 0.5) is 5.82 Å². The molecule has 3 rings (SSSR count). The highest BCUT2D eigenvalue weighted by Crippen LogP contribution is 2.26. The van der Waals surface area contributed by atoms with E-state index in [0.717, 1.165) is 32.1 Å². The third-order valence-corrected chi connectivity index (χ3v) is 3.82. The summed E-state index contributed by atoms with van der Waals surface area (Å²) >= 11 is 0. The lowest BCUT2D eigenvalue weighted by molar-refractivity contribution is -0.0362. The molecule has 0 spiro atoms. The third kappa shape index (κ3) is 2.50. The molecule has 19 heavy (non-hydrogen) atoms. The van der Waals surface area contributed by atoms with Gasteiger partial charge < -0.3 is 14.4 Å². The van der Waals surface area contributed by atoms with E-state index in [1.165, 1.54) is 0 Å². The normalized spacial score (nSPS) is 27.4. The highest BCUT2D eigenvalue weighted by molar-refractivity contribution is 5.43. The number of rotatable bonds is 3. The van der Waals surface area contributed by atoms with Crippen molar-refractivity contribution in [3.63, 3.8) is 0 Å². The van der Waals surface area contributed by atoms with Crippen LogP contribution < -0.4 is 9.64 Å². The van der Waals surface area contributed by atoms with Crippen molar-refractivity contribution < 1.29 is 9.47 Å². The first-order valence-corrected chi connectivity index (χ1v) is 6.79. The molecule has 2 aliphatic heterocycles. The number of morpholine rings is 1. The molecule has 0 unspecified atom stereocenters. The molecule has 1 aromatic heterocycles. The van der Waals surface area contributed by atoms with Crippen LogP contribution in [0.1, 0.15) is 6.92 Å². The molecule has 0 radical (unpaired) electrons. The average molecular weight is 264 g/mol. The van der Waals surface area contributed by atoms with Crippen molar-refractivity contribution in [2.24, 2.45) is 0 Å². The van der Waals surface area contributed by atoms with Gasteiger partial charge in [0, 0.05) is 25.7 Å². The van der Waals surface area contributed by atoms with E-state index in [0.29, 0.717) is 18.5 Å². The topological polar surface area (TPSA) is 50.7 Å². The first kappa shape index (κ1) is 12.6. The Morgan fingerprint density at radius 2 is 2.32 bits per heavy atom. The summed E-state index contributed by atoms with van der Waals surface area (Å²) in [6.45, 7) is 6.23. The zero-order chi connectivity index (χ0) is 13.2. The molecule has 0 aliphatic carbocycles. The molecule has 104 valence electrons. The van der Waals surface area contributed by atoms with Gasteiger partial charge in [0.2, 0.25) is 5.88 Å². The Morgan fingerprint density at radius 3 is 3.11 bits per heavy atom. The number of aromatic nitrogens is 2. The van der Waals surface area contributed by atoms with Crippen LogP contribution in [0.3, 0.4) is 0 Å². The molecule has 1 aromatic rings. The van der Waals surface area contributed by atoms with E-state index >= 15 is 0 Å². The maximum atomic E-state index is 5.84. The number of hydrogen-bond donors (Lipinski definition) is 0. The van der Waals surface area contributed by atoms with Crippen molar-refractivity contribution in [2.75, 3.05) is 44.8 Å². The second-order valence-corrected chi connectivity index (χ2v) is 5.01. The molecule has 0 amide bonds. The van der Waals surface area contributed by atoms with Gasteiger partial charge in [-0.15, -0.1) is 0 Å². The van der Waals surface area contributed by atoms with Crippen molar-refractivity contribution in [3.8, 4) is 5.88 Å². The van der Waals surface area contributed by atoms with Gasteiger partial charge in [0.1, 0.15) is 12.1 Å². The summed E-state index contributed by atoms with van der Waals surface area (Å²) in [5.41, 5.74) is 0. The minimum Gasteiger partial charge on any atom is -0.478 e. The molecule has 0 saturated carbocycles. The van der Waals surface area contributed by atoms with Crippen molar-refractivity contribution in [2.45, 2.75) is 19.1 Å². The SMILES string of the molecule is CCOc1cc(N2C[C@@H]3OCCN(C)[C@@H]3C2)ncn1. The molecule has 0 bridgehead atoms. The summed E-state index contributed by atoms with van der Waals surface area (Å²) in [5, 5.41) is 0. The largest absolute Gasteiger partial charge is 0.478 e. The number of ether oxygens (including phenoxy) is 2. The summed E-state index contributed by atoms with van der Waals surface area (Å²) < 4.78 is 11.3. The summed E-state index contributed by atoms with van der Waals surface area (Å²) in [5.74, 6) is 1.56. The number of likely N-dealkylation sites (N-methyl/N-ethyl adjacent to an activating group) is 1. The molecular formula is C13H20N4O2. The van der Waals surface area contributed by atoms with Crippen molar-refractivity contribution >= 4 is 5.82 Å². The minimum atomic E-state index is 0.282. The molecule has 2 aliphatic rings. The van der Waals surface area contributed by atoms with Crippen molar-refractivity contribution in [1.82, 2.24) is 14.9 Å². The quantitative estimate of drug-likeness (QED) is 0.787. The second kappa shape index (κ2) is 5.30. The van der Waals surface area contributed by atoms with Gasteiger partial charge in [-0.25, -0.2) is 9.97 Å². The zero-order valence-electron chi connectivity index (χ0n) is 11.5. The summed E-state index contributed by atoms with van der Waals surface area (Å²) in [4.78, 5) is 13.1. The van der Waals surface area contributed by atoms with E-state index < -0.39 is 0 Å². The minimum absolute atomic E-state index is 0.282. The van der Waals surface area contributed by atoms with Crippen LogP contribution >= 0.6 is 0 Å². The maximum absolute atomic E-state index is 5.84. The number of anilines is 1. The van der Waals surface area contributed by atoms with Crippen LogP contribution in [0.15, 0.2) is 12.4 Å². The summed E-state index contributed by atoms with van der Waals surface area (Å²) in [7, 11) is 2.16. The predicted molar refractivity (Wildman–Crippen MR) is 71.6 cm³/mol. The Hall–Kier alpha value is -1.40. The molecule has 6 nitrogen and oxygen atoms in total. The van der Waals surface area contributed by atoms with E-state index in [1.54, 1.807) is 6.33 Å². The van der Waals surface area contributed by atoms with E-state index in [2.05, 4.69) is 26.8 Å². The molecule has 6 heteroatoms. The van der Waals surface area contributed by atoms with Crippen LogP contribution in [-0.2, 0) is 4.74 Å². The Bertz CT molecular complexity index is 442. The Kier molecular flexibility index (Phi) is 3.52. The lowest BCUT2D eigenvalue weighted by Gasteiger charge is -2.33. The van der Waals surface area contributed by atoms with Gasteiger partial charge >= 0.3 is 0 Å². The molecule has 2 fully saturated rings. The van der Waals surface area contributed by atoms with Gasteiger partial charge in [0.15, 0.2) is 0 Å². The van der Waals surface area contributed by atoms with Crippen LogP contribution in [-0.4, -0.2) is 66.9 Å². The lowest BCUT2D eigenvalue weighted by atomic mass is 10.1. The Balaban J connectivity index is 1.74. The smallest absolute Gasteiger partial charge is 0.218 e. The van der Waals surface area contributed by atoms with Crippen LogP contribution in [0.25, 0.3) is 0 Å². The van der Waals surface area contributed by atoms with E-state index in [1.807, 2.05) is 13.0 Å². The fourth-order valence-corrected chi connectivity index (χ4v) is 2.77. The van der Waals surface area contributed by atoms with Crippen LogP contribution in [0.2, 0.25) is 0 Å². The van der Waals surface area contributed by atoms with Gasteiger partial charge in [0.25, 0.3) is 0 Å². The predicted octanol–water partition coefficient (Wildman–Crippen LogP) is 0.394. The molecule has 2 saturated heterocycles. The first-order chi connectivity index (χ1) is 9.28. The maximum Gasteiger partial charge on any atom is 0.218 e. The van der Waals surface area contributed by atoms with Gasteiger partial charge in [-0.3, -0.25) is 4.90 Å². The van der Waals surface area contributed by atoms with Crippen LogP contribution in [0, 0.1) is 0 Å².